The smallest absolute Gasteiger partial charge is 0.179 e. The number of piperazine rings is 1. The van der Waals surface area contributed by atoms with E-state index in [0.29, 0.717) is 6.61 Å². The second kappa shape index (κ2) is 13.1. The summed E-state index contributed by atoms with van der Waals surface area (Å²) in [6.45, 7) is 6.08. The molecule has 0 amide bonds. The number of oxime groups is 1. The van der Waals surface area contributed by atoms with Crippen molar-refractivity contribution in [2.24, 2.45) is 5.16 Å². The van der Waals surface area contributed by atoms with Crippen molar-refractivity contribution in [3.63, 3.8) is 0 Å². The van der Waals surface area contributed by atoms with E-state index in [1.807, 2.05) is 12.1 Å². The van der Waals surface area contributed by atoms with Gasteiger partial charge in [0.05, 0.1) is 7.11 Å². The lowest BCUT2D eigenvalue weighted by Gasteiger charge is -2.29. The van der Waals surface area contributed by atoms with E-state index in [1.165, 1.54) is 10.6 Å². The van der Waals surface area contributed by atoms with Gasteiger partial charge in [0, 0.05) is 28.0 Å². The molecule has 4 rings (SSSR count). The Balaban J connectivity index is 0.00000171. The molecule has 1 aliphatic heterocycles. The minimum atomic E-state index is 0. The molecule has 0 atom stereocenters. The van der Waals surface area contributed by atoms with Crippen molar-refractivity contribution in [3.8, 4) is 5.75 Å². The number of thiophene rings is 2. The van der Waals surface area contributed by atoms with Gasteiger partial charge in [-0.2, -0.15) is 22.7 Å². The first kappa shape index (κ1) is 25.6. The predicted octanol–water partition coefficient (Wildman–Crippen LogP) is -4.29. The number of quaternary nitrogens is 2. The Kier molecular flexibility index (Phi) is 10.8. The van der Waals surface area contributed by atoms with Gasteiger partial charge >= 0.3 is 0 Å². The summed E-state index contributed by atoms with van der Waals surface area (Å²) in [6, 6.07) is 12.5. The van der Waals surface area contributed by atoms with Crippen molar-refractivity contribution in [1.82, 2.24) is 0 Å². The first-order chi connectivity index (χ1) is 14.3. The van der Waals surface area contributed by atoms with Gasteiger partial charge in [0.1, 0.15) is 38.4 Å². The van der Waals surface area contributed by atoms with Crippen LogP contribution in [-0.2, 0) is 4.84 Å². The molecular formula is C22H27Cl2N3O2S2. The molecule has 9 heteroatoms. The zero-order chi connectivity index (χ0) is 19.9. The molecular weight excluding hydrogens is 473 g/mol. The average Bonchev–Trinajstić information content (AvgIpc) is 3.49. The Labute approximate surface area is 204 Å². The summed E-state index contributed by atoms with van der Waals surface area (Å²) in [6.07, 6.45) is 0. The summed E-state index contributed by atoms with van der Waals surface area (Å²) < 4.78 is 5.53. The summed E-state index contributed by atoms with van der Waals surface area (Å²) in [5.41, 5.74) is 4.43. The van der Waals surface area contributed by atoms with Crippen LogP contribution in [0.4, 0.5) is 5.69 Å². The number of benzene rings is 1. The molecule has 2 N–H and O–H groups in total. The molecule has 2 aromatic heterocycles. The summed E-state index contributed by atoms with van der Waals surface area (Å²) in [5, 5.41) is 12.9. The fourth-order valence-electron chi connectivity index (χ4n) is 3.73. The van der Waals surface area contributed by atoms with E-state index in [2.05, 4.69) is 50.9 Å². The Bertz CT molecular complexity index is 877. The lowest BCUT2D eigenvalue weighted by atomic mass is 10.1. The molecule has 1 saturated heterocycles. The van der Waals surface area contributed by atoms with E-state index in [0.717, 1.165) is 55.3 Å². The fourth-order valence-corrected chi connectivity index (χ4v) is 5.01. The van der Waals surface area contributed by atoms with E-state index in [4.69, 9.17) is 9.57 Å². The largest absolute Gasteiger partial charge is 1.00 e. The molecule has 0 aliphatic carbocycles. The maximum Gasteiger partial charge on any atom is 0.179 e. The highest BCUT2D eigenvalue weighted by Crippen LogP contribution is 2.19. The fraction of sp³-hybridized carbons (Fsp3) is 0.318. The van der Waals surface area contributed by atoms with E-state index >= 15 is 0 Å². The topological polar surface area (TPSA) is 39.7 Å². The highest BCUT2D eigenvalue weighted by molar-refractivity contribution is 7.08. The van der Waals surface area contributed by atoms with Gasteiger partial charge in [-0.1, -0.05) is 17.3 Å². The zero-order valence-corrected chi connectivity index (χ0v) is 20.5. The van der Waals surface area contributed by atoms with Crippen LogP contribution in [0.3, 0.4) is 0 Å². The number of rotatable bonds is 8. The van der Waals surface area contributed by atoms with E-state index < -0.39 is 0 Å². The highest BCUT2D eigenvalue weighted by Gasteiger charge is 2.26. The molecule has 0 saturated carbocycles. The van der Waals surface area contributed by atoms with Gasteiger partial charge in [-0.3, -0.25) is 4.90 Å². The van der Waals surface area contributed by atoms with Crippen molar-refractivity contribution >= 4 is 34.1 Å². The quantitative estimate of drug-likeness (QED) is 0.187. The molecule has 31 heavy (non-hydrogen) atoms. The van der Waals surface area contributed by atoms with Crippen LogP contribution in [0.2, 0.25) is 0 Å². The SMILES string of the molecule is COc1ccccc1[NH+]1CC[NH+](CCON=C(c2ccsc2)c2ccsc2)CC1.[Cl-].[Cl-]. The van der Waals surface area contributed by atoms with Crippen molar-refractivity contribution < 1.29 is 44.2 Å². The van der Waals surface area contributed by atoms with Crippen LogP contribution in [0.1, 0.15) is 11.1 Å². The molecule has 1 fully saturated rings. The Hall–Kier alpha value is -1.61. The summed E-state index contributed by atoms with van der Waals surface area (Å²) in [5.74, 6) is 0.984. The van der Waals surface area contributed by atoms with E-state index in [9.17, 15) is 0 Å². The number of halogens is 2. The number of para-hydroxylation sites is 2. The minimum Gasteiger partial charge on any atom is -1.00 e. The number of nitrogens with one attached hydrogen (secondary N) is 2. The molecule has 0 bridgehead atoms. The van der Waals surface area contributed by atoms with Crippen molar-refractivity contribution in [2.75, 3.05) is 46.4 Å². The second-order valence-corrected chi connectivity index (χ2v) is 8.66. The molecule has 0 radical (unpaired) electrons. The third-order valence-electron chi connectivity index (χ3n) is 5.34. The molecule has 0 spiro atoms. The van der Waals surface area contributed by atoms with Crippen LogP contribution in [0.5, 0.6) is 5.75 Å². The van der Waals surface area contributed by atoms with Crippen LogP contribution in [0.25, 0.3) is 0 Å². The minimum absolute atomic E-state index is 0. The van der Waals surface area contributed by atoms with Gasteiger partial charge in [-0.25, -0.2) is 0 Å². The van der Waals surface area contributed by atoms with Gasteiger partial charge in [0.25, 0.3) is 0 Å². The van der Waals surface area contributed by atoms with Crippen LogP contribution in [0.15, 0.2) is 63.1 Å². The second-order valence-electron chi connectivity index (χ2n) is 7.10. The predicted molar refractivity (Wildman–Crippen MR) is 119 cm³/mol. The first-order valence-corrected chi connectivity index (χ1v) is 11.8. The maximum atomic E-state index is 5.74. The maximum absolute atomic E-state index is 5.74. The molecule has 1 aliphatic rings. The van der Waals surface area contributed by atoms with Gasteiger partial charge in [0.15, 0.2) is 18.0 Å². The number of hydrogen-bond acceptors (Lipinski definition) is 5. The molecule has 5 nitrogen and oxygen atoms in total. The number of hydrogen-bond donors (Lipinski definition) is 2. The molecule has 3 heterocycles. The van der Waals surface area contributed by atoms with Crippen LogP contribution in [0, 0.1) is 0 Å². The van der Waals surface area contributed by atoms with Gasteiger partial charge in [-0.05, 0) is 29.0 Å². The summed E-state index contributed by atoms with van der Waals surface area (Å²) in [4.78, 5) is 8.82. The Morgan fingerprint density at radius 2 is 1.58 bits per heavy atom. The number of methoxy groups -OCH3 is 1. The van der Waals surface area contributed by atoms with Gasteiger partial charge < -0.3 is 39.3 Å². The standard InChI is InChI=1S/C22H25N3O2S2.2ClH/c1-26-21-5-3-2-4-20(21)25-10-8-24(9-11-25)12-13-27-23-22(18-6-14-28-16-18)19-7-15-29-17-19;;/h2-7,14-17H,8-13H2,1H3;2*1H. The zero-order valence-electron chi connectivity index (χ0n) is 17.4. The van der Waals surface area contributed by atoms with E-state index in [-0.39, 0.29) is 24.8 Å². The number of ether oxygens (including phenoxy) is 1. The molecule has 3 aromatic rings. The summed E-state index contributed by atoms with van der Waals surface area (Å²) >= 11 is 3.36. The van der Waals surface area contributed by atoms with Gasteiger partial charge in [-0.15, -0.1) is 0 Å². The monoisotopic (exact) mass is 499 g/mol. The Morgan fingerprint density at radius 1 is 0.935 bits per heavy atom. The van der Waals surface area contributed by atoms with Crippen LogP contribution in [-0.4, -0.2) is 52.2 Å². The third-order valence-corrected chi connectivity index (χ3v) is 6.71. The molecule has 0 unspecified atom stereocenters. The Morgan fingerprint density at radius 3 is 2.16 bits per heavy atom. The van der Waals surface area contributed by atoms with Gasteiger partial charge in [0.2, 0.25) is 0 Å². The van der Waals surface area contributed by atoms with Crippen LogP contribution < -0.4 is 39.4 Å². The lowest BCUT2D eigenvalue weighted by Crippen LogP contribution is -3.26. The normalized spacial score (nSPS) is 17.7. The summed E-state index contributed by atoms with van der Waals surface area (Å²) in [7, 11) is 1.75. The van der Waals surface area contributed by atoms with Crippen molar-refractivity contribution in [2.45, 2.75) is 0 Å². The first-order valence-electron chi connectivity index (χ1n) is 9.92. The highest BCUT2D eigenvalue weighted by atomic mass is 35.5. The molecule has 168 valence electrons. The van der Waals surface area contributed by atoms with Crippen molar-refractivity contribution in [3.05, 3.63) is 69.0 Å². The average molecular weight is 501 g/mol. The van der Waals surface area contributed by atoms with E-state index in [1.54, 1.807) is 34.7 Å². The lowest BCUT2D eigenvalue weighted by molar-refractivity contribution is -0.986. The number of nitrogens with zero attached hydrogens (tertiary/aromatic N) is 1. The van der Waals surface area contributed by atoms with Crippen LogP contribution >= 0.6 is 22.7 Å². The molecule has 1 aromatic carbocycles. The third kappa shape index (κ3) is 6.68. The van der Waals surface area contributed by atoms with Crippen molar-refractivity contribution in [1.29, 1.82) is 0 Å².